The summed E-state index contributed by atoms with van der Waals surface area (Å²) in [6.45, 7) is 0.829. The lowest BCUT2D eigenvalue weighted by molar-refractivity contribution is 0.441. The van der Waals surface area contributed by atoms with Crippen LogP contribution in [0.5, 0.6) is 0 Å². The molecule has 116 valence electrons. The van der Waals surface area contributed by atoms with Crippen molar-refractivity contribution in [2.24, 2.45) is 0 Å². The van der Waals surface area contributed by atoms with Crippen LogP contribution in [0.2, 0.25) is 0 Å². The van der Waals surface area contributed by atoms with Crippen LogP contribution in [-0.4, -0.2) is 25.8 Å². The topological polar surface area (TPSA) is 61.2 Å². The zero-order valence-electron chi connectivity index (χ0n) is 12.5. The Bertz CT molecular complexity index is 863. The van der Waals surface area contributed by atoms with Gasteiger partial charge in [0.15, 0.2) is 0 Å². The number of rotatable bonds is 3. The van der Waals surface area contributed by atoms with E-state index >= 15 is 0 Å². The van der Waals surface area contributed by atoms with Gasteiger partial charge in [0, 0.05) is 13.1 Å². The maximum Gasteiger partial charge on any atom is 0.243 e. The van der Waals surface area contributed by atoms with Crippen LogP contribution in [0, 0.1) is 11.3 Å². The summed E-state index contributed by atoms with van der Waals surface area (Å²) < 4.78 is 26.8. The number of hydrogen-bond donors (Lipinski definition) is 0. The molecule has 2 aromatic rings. The molecule has 0 spiro atoms. The molecule has 0 N–H and O–H groups in total. The number of nitrogens with zero attached hydrogens (tertiary/aromatic N) is 2. The molecule has 5 heteroatoms. The van der Waals surface area contributed by atoms with Crippen molar-refractivity contribution in [2.75, 3.05) is 13.1 Å². The van der Waals surface area contributed by atoms with E-state index < -0.39 is 10.0 Å². The highest BCUT2D eigenvalue weighted by molar-refractivity contribution is 7.89. The smallest absolute Gasteiger partial charge is 0.207 e. The molecule has 0 bridgehead atoms. The van der Waals surface area contributed by atoms with Gasteiger partial charge in [0.1, 0.15) is 0 Å². The van der Waals surface area contributed by atoms with E-state index in [9.17, 15) is 8.42 Å². The number of benzene rings is 2. The third-order valence-electron chi connectivity index (χ3n) is 3.94. The molecule has 1 aliphatic rings. The molecule has 0 saturated heterocycles. The van der Waals surface area contributed by atoms with Crippen molar-refractivity contribution in [3.8, 4) is 6.07 Å². The molecule has 0 amide bonds. The Labute approximate surface area is 136 Å². The van der Waals surface area contributed by atoms with E-state index in [1.165, 1.54) is 34.1 Å². The van der Waals surface area contributed by atoms with E-state index in [4.69, 9.17) is 5.26 Å². The summed E-state index contributed by atoms with van der Waals surface area (Å²) in [4.78, 5) is 0.230. The fourth-order valence-electron chi connectivity index (χ4n) is 2.63. The van der Waals surface area contributed by atoms with Gasteiger partial charge in [0.2, 0.25) is 10.0 Å². The quantitative estimate of drug-likeness (QED) is 0.872. The Hall–Kier alpha value is -2.42. The summed E-state index contributed by atoms with van der Waals surface area (Å²) in [7, 11) is -3.51. The molecule has 1 heterocycles. The summed E-state index contributed by atoms with van der Waals surface area (Å²) in [5.41, 5.74) is 2.77. The summed E-state index contributed by atoms with van der Waals surface area (Å²) in [6.07, 6.45) is 2.67. The van der Waals surface area contributed by atoms with Gasteiger partial charge in [-0.1, -0.05) is 36.4 Å². The van der Waals surface area contributed by atoms with Crippen LogP contribution in [-0.2, 0) is 10.0 Å². The van der Waals surface area contributed by atoms with Gasteiger partial charge < -0.3 is 0 Å². The van der Waals surface area contributed by atoms with Crippen LogP contribution in [0.3, 0.4) is 0 Å². The molecule has 3 rings (SSSR count). The third-order valence-corrected chi connectivity index (χ3v) is 5.82. The summed E-state index contributed by atoms with van der Waals surface area (Å²) in [6, 6.07) is 18.0. The number of nitriles is 1. The minimum atomic E-state index is -3.51. The second-order valence-corrected chi connectivity index (χ2v) is 7.28. The van der Waals surface area contributed by atoms with Crippen molar-refractivity contribution >= 4 is 15.6 Å². The van der Waals surface area contributed by atoms with Gasteiger partial charge in [0.05, 0.1) is 16.5 Å². The second-order valence-electron chi connectivity index (χ2n) is 5.34. The SMILES string of the molecule is N#Cc1ccc(S(=O)(=O)N2CC=C(c3ccccc3)CC2)cc1. The normalized spacial score (nSPS) is 15.7. The Morgan fingerprint density at radius 3 is 2.26 bits per heavy atom. The Morgan fingerprint density at radius 2 is 1.70 bits per heavy atom. The van der Waals surface area contributed by atoms with E-state index in [0.717, 1.165) is 5.56 Å². The molecule has 0 atom stereocenters. The van der Waals surface area contributed by atoms with Crippen LogP contribution >= 0.6 is 0 Å². The zero-order chi connectivity index (χ0) is 16.3. The standard InChI is InChI=1S/C18H16N2O2S/c19-14-15-6-8-18(9-7-15)23(21,22)20-12-10-17(11-13-20)16-4-2-1-3-5-16/h1-10H,11-13H2. The molecule has 4 nitrogen and oxygen atoms in total. The van der Waals surface area contributed by atoms with Crippen LogP contribution in [0.25, 0.3) is 5.57 Å². The molecule has 0 saturated carbocycles. The van der Waals surface area contributed by atoms with Crippen molar-refractivity contribution in [2.45, 2.75) is 11.3 Å². The molecule has 23 heavy (non-hydrogen) atoms. The molecule has 1 aliphatic heterocycles. The van der Waals surface area contributed by atoms with Gasteiger partial charge in [-0.15, -0.1) is 0 Å². The van der Waals surface area contributed by atoms with Crippen molar-refractivity contribution < 1.29 is 8.42 Å². The highest BCUT2D eigenvalue weighted by atomic mass is 32.2. The van der Waals surface area contributed by atoms with E-state index in [-0.39, 0.29) is 4.90 Å². The minimum Gasteiger partial charge on any atom is -0.207 e. The summed E-state index contributed by atoms with van der Waals surface area (Å²) in [5, 5.41) is 8.80. The highest BCUT2D eigenvalue weighted by Crippen LogP contribution is 2.25. The molecule has 2 aromatic carbocycles. The monoisotopic (exact) mass is 324 g/mol. The molecule has 0 radical (unpaired) electrons. The minimum absolute atomic E-state index is 0.230. The average Bonchev–Trinajstić information content (AvgIpc) is 2.62. The van der Waals surface area contributed by atoms with Crippen molar-refractivity contribution in [1.29, 1.82) is 5.26 Å². The van der Waals surface area contributed by atoms with Gasteiger partial charge in [-0.25, -0.2) is 8.42 Å². The molecular weight excluding hydrogens is 308 g/mol. The van der Waals surface area contributed by atoms with Crippen LogP contribution in [0.15, 0.2) is 65.6 Å². The van der Waals surface area contributed by atoms with Crippen LogP contribution in [0.1, 0.15) is 17.5 Å². The van der Waals surface area contributed by atoms with Gasteiger partial charge in [-0.05, 0) is 41.8 Å². The van der Waals surface area contributed by atoms with E-state index in [2.05, 4.69) is 0 Å². The predicted octanol–water partition coefficient (Wildman–Crippen LogP) is 3.04. The Balaban J connectivity index is 1.80. The van der Waals surface area contributed by atoms with Crippen LogP contribution in [0.4, 0.5) is 0 Å². The Kier molecular flexibility index (Phi) is 4.28. The number of sulfonamides is 1. The lowest BCUT2D eigenvalue weighted by Crippen LogP contribution is -2.34. The predicted molar refractivity (Wildman–Crippen MR) is 89.0 cm³/mol. The lowest BCUT2D eigenvalue weighted by atomic mass is 10.0. The zero-order valence-corrected chi connectivity index (χ0v) is 13.3. The van der Waals surface area contributed by atoms with Gasteiger partial charge in [-0.3, -0.25) is 0 Å². The first-order valence-electron chi connectivity index (χ1n) is 7.36. The van der Waals surface area contributed by atoms with E-state index in [1.807, 2.05) is 42.5 Å². The van der Waals surface area contributed by atoms with Crippen molar-refractivity contribution in [3.05, 3.63) is 71.8 Å². The number of hydrogen-bond acceptors (Lipinski definition) is 3. The van der Waals surface area contributed by atoms with Gasteiger partial charge in [-0.2, -0.15) is 9.57 Å². The molecule has 0 aromatic heterocycles. The first-order valence-corrected chi connectivity index (χ1v) is 8.80. The maximum atomic E-state index is 12.6. The Morgan fingerprint density at radius 1 is 1.00 bits per heavy atom. The fraction of sp³-hybridized carbons (Fsp3) is 0.167. The van der Waals surface area contributed by atoms with Crippen molar-refractivity contribution in [1.82, 2.24) is 4.31 Å². The maximum absolute atomic E-state index is 12.6. The molecule has 0 fully saturated rings. The first-order chi connectivity index (χ1) is 11.1. The third kappa shape index (κ3) is 3.19. The molecular formula is C18H16N2O2S. The summed E-state index contributed by atoms with van der Waals surface area (Å²) >= 11 is 0. The molecule has 0 aliphatic carbocycles. The van der Waals surface area contributed by atoms with Gasteiger partial charge >= 0.3 is 0 Å². The van der Waals surface area contributed by atoms with Crippen molar-refractivity contribution in [3.63, 3.8) is 0 Å². The first kappa shape index (κ1) is 15.5. The lowest BCUT2D eigenvalue weighted by Gasteiger charge is -2.26. The average molecular weight is 324 g/mol. The second kappa shape index (κ2) is 6.37. The fourth-order valence-corrected chi connectivity index (χ4v) is 4.01. The van der Waals surface area contributed by atoms with E-state index in [0.29, 0.717) is 25.1 Å². The van der Waals surface area contributed by atoms with Crippen LogP contribution < -0.4 is 0 Å². The van der Waals surface area contributed by atoms with E-state index in [1.54, 1.807) is 0 Å². The summed E-state index contributed by atoms with van der Waals surface area (Å²) in [5.74, 6) is 0. The largest absolute Gasteiger partial charge is 0.243 e. The van der Waals surface area contributed by atoms with Gasteiger partial charge in [0.25, 0.3) is 0 Å². The highest BCUT2D eigenvalue weighted by Gasteiger charge is 2.26. The molecule has 0 unspecified atom stereocenters.